The Morgan fingerprint density at radius 3 is 2.44 bits per heavy atom. The molecule has 6 heteroatoms. The van der Waals surface area contributed by atoms with E-state index in [0.717, 1.165) is 23.0 Å². The molecule has 0 radical (unpaired) electrons. The van der Waals surface area contributed by atoms with E-state index in [9.17, 15) is 0 Å². The normalized spacial score (nSPS) is 12.4. The minimum atomic E-state index is -0.0510. The number of nitrogens with one attached hydrogen (secondary N) is 2. The van der Waals surface area contributed by atoms with Gasteiger partial charge in [0.05, 0.1) is 20.3 Å². The second-order valence-corrected chi connectivity index (χ2v) is 6.14. The summed E-state index contributed by atoms with van der Waals surface area (Å²) in [4.78, 5) is 4.26. The van der Waals surface area contributed by atoms with Gasteiger partial charge in [-0.3, -0.25) is 4.99 Å². The van der Waals surface area contributed by atoms with Crippen LogP contribution in [0.15, 0.2) is 53.5 Å². The monoisotopic (exact) mass is 371 g/mol. The summed E-state index contributed by atoms with van der Waals surface area (Å²) in [5.41, 5.74) is 2.32. The zero-order valence-corrected chi connectivity index (χ0v) is 16.5. The van der Waals surface area contributed by atoms with Crippen LogP contribution < -0.4 is 20.1 Å². The molecule has 0 aliphatic rings. The highest BCUT2D eigenvalue weighted by molar-refractivity contribution is 5.79. The number of benzene rings is 2. The molecule has 0 fully saturated rings. The number of aliphatic imine (C=N–C) groups is 1. The number of hydrogen-bond donors (Lipinski definition) is 2. The van der Waals surface area contributed by atoms with Crippen molar-refractivity contribution in [2.75, 3.05) is 27.8 Å². The van der Waals surface area contributed by atoms with Crippen molar-refractivity contribution in [3.05, 3.63) is 59.7 Å². The quantitative estimate of drug-likeness (QED) is 0.524. The molecule has 2 aromatic rings. The Kier molecular flexibility index (Phi) is 8.45. The van der Waals surface area contributed by atoms with Crippen molar-refractivity contribution in [1.82, 2.24) is 10.6 Å². The first-order valence-electron chi connectivity index (χ1n) is 8.97. The van der Waals surface area contributed by atoms with Crippen LogP contribution in [-0.2, 0) is 17.9 Å². The Labute approximate surface area is 161 Å². The fourth-order valence-electron chi connectivity index (χ4n) is 2.62. The Bertz CT molecular complexity index is 734. The molecule has 0 spiro atoms. The van der Waals surface area contributed by atoms with Gasteiger partial charge in [-0.1, -0.05) is 36.4 Å². The van der Waals surface area contributed by atoms with Crippen LogP contribution in [0.25, 0.3) is 0 Å². The van der Waals surface area contributed by atoms with E-state index in [1.54, 1.807) is 21.3 Å². The molecule has 1 unspecified atom stereocenters. The number of guanidine groups is 1. The van der Waals surface area contributed by atoms with Crippen molar-refractivity contribution in [3.63, 3.8) is 0 Å². The van der Waals surface area contributed by atoms with E-state index in [2.05, 4.69) is 33.8 Å². The van der Waals surface area contributed by atoms with Crippen LogP contribution in [-0.4, -0.2) is 39.9 Å². The Morgan fingerprint density at radius 2 is 1.74 bits per heavy atom. The van der Waals surface area contributed by atoms with E-state index in [1.165, 1.54) is 5.56 Å². The molecule has 0 saturated heterocycles. The van der Waals surface area contributed by atoms with Gasteiger partial charge in [0, 0.05) is 20.7 Å². The highest BCUT2D eigenvalue weighted by atomic mass is 16.5. The standard InChI is InChI=1S/C21H29N3O3/c1-16(27-20-11-6-5-10-19(20)26-4)13-23-21(22-2)24-14-17-8-7-9-18(12-17)15-25-3/h5-12,16H,13-15H2,1-4H3,(H2,22,23,24). The van der Waals surface area contributed by atoms with Gasteiger partial charge in [-0.2, -0.15) is 0 Å². The molecule has 0 amide bonds. The van der Waals surface area contributed by atoms with Gasteiger partial charge in [-0.25, -0.2) is 0 Å². The van der Waals surface area contributed by atoms with Crippen LogP contribution >= 0.6 is 0 Å². The molecule has 1 atom stereocenters. The van der Waals surface area contributed by atoms with Crippen molar-refractivity contribution in [2.24, 2.45) is 4.99 Å². The predicted octanol–water partition coefficient (Wildman–Crippen LogP) is 2.97. The molecule has 27 heavy (non-hydrogen) atoms. The van der Waals surface area contributed by atoms with E-state index in [-0.39, 0.29) is 6.10 Å². The van der Waals surface area contributed by atoms with E-state index in [0.29, 0.717) is 19.7 Å². The van der Waals surface area contributed by atoms with Crippen LogP contribution in [0, 0.1) is 0 Å². The molecule has 2 aromatic carbocycles. The lowest BCUT2D eigenvalue weighted by molar-refractivity contribution is 0.185. The number of methoxy groups -OCH3 is 2. The predicted molar refractivity (Wildman–Crippen MR) is 108 cm³/mol. The summed E-state index contributed by atoms with van der Waals surface area (Å²) in [5, 5.41) is 6.60. The maximum atomic E-state index is 5.95. The lowest BCUT2D eigenvalue weighted by atomic mass is 10.1. The molecule has 2 rings (SSSR count). The fraction of sp³-hybridized carbons (Fsp3) is 0.381. The summed E-state index contributed by atoms with van der Waals surface area (Å²) in [7, 11) is 5.09. The van der Waals surface area contributed by atoms with Crippen LogP contribution in [0.5, 0.6) is 11.5 Å². The molecule has 0 heterocycles. The van der Waals surface area contributed by atoms with Crippen LogP contribution in [0.1, 0.15) is 18.1 Å². The number of hydrogen-bond acceptors (Lipinski definition) is 4. The average Bonchev–Trinajstić information content (AvgIpc) is 2.69. The molecule has 0 bridgehead atoms. The third-order valence-corrected chi connectivity index (χ3v) is 3.94. The molecular formula is C21H29N3O3. The first kappa shape index (κ1) is 20.6. The molecule has 0 aliphatic heterocycles. The molecule has 0 saturated carbocycles. The van der Waals surface area contributed by atoms with Crippen molar-refractivity contribution < 1.29 is 14.2 Å². The smallest absolute Gasteiger partial charge is 0.191 e. The van der Waals surface area contributed by atoms with Crippen molar-refractivity contribution in [3.8, 4) is 11.5 Å². The SMILES string of the molecule is CN=C(NCc1cccc(COC)c1)NCC(C)Oc1ccccc1OC. The van der Waals surface area contributed by atoms with E-state index in [4.69, 9.17) is 14.2 Å². The van der Waals surface area contributed by atoms with Gasteiger partial charge in [0.25, 0.3) is 0 Å². The third-order valence-electron chi connectivity index (χ3n) is 3.94. The van der Waals surface area contributed by atoms with Gasteiger partial charge >= 0.3 is 0 Å². The van der Waals surface area contributed by atoms with Gasteiger partial charge in [-0.05, 0) is 30.2 Å². The van der Waals surface area contributed by atoms with Crippen LogP contribution in [0.3, 0.4) is 0 Å². The van der Waals surface area contributed by atoms with Crippen molar-refractivity contribution in [1.29, 1.82) is 0 Å². The molecule has 0 aromatic heterocycles. The number of ether oxygens (including phenoxy) is 3. The molecule has 2 N–H and O–H groups in total. The lowest BCUT2D eigenvalue weighted by Gasteiger charge is -2.19. The highest BCUT2D eigenvalue weighted by Gasteiger charge is 2.09. The zero-order valence-electron chi connectivity index (χ0n) is 16.5. The van der Waals surface area contributed by atoms with E-state index in [1.807, 2.05) is 37.3 Å². The van der Waals surface area contributed by atoms with Gasteiger partial charge in [0.1, 0.15) is 6.10 Å². The topological polar surface area (TPSA) is 64.1 Å². The molecular weight excluding hydrogens is 342 g/mol. The Morgan fingerprint density at radius 1 is 1.00 bits per heavy atom. The van der Waals surface area contributed by atoms with E-state index < -0.39 is 0 Å². The highest BCUT2D eigenvalue weighted by Crippen LogP contribution is 2.26. The lowest BCUT2D eigenvalue weighted by Crippen LogP contribution is -2.41. The number of para-hydroxylation sites is 2. The summed E-state index contributed by atoms with van der Waals surface area (Å²) in [6.07, 6.45) is -0.0510. The summed E-state index contributed by atoms with van der Waals surface area (Å²) in [6.45, 7) is 3.90. The molecule has 6 nitrogen and oxygen atoms in total. The number of rotatable bonds is 9. The van der Waals surface area contributed by atoms with Gasteiger partial charge in [0.2, 0.25) is 0 Å². The fourth-order valence-corrected chi connectivity index (χ4v) is 2.62. The van der Waals surface area contributed by atoms with Crippen LogP contribution in [0.4, 0.5) is 0 Å². The number of nitrogens with zero attached hydrogens (tertiary/aromatic N) is 1. The second kappa shape index (κ2) is 11.1. The average molecular weight is 371 g/mol. The maximum Gasteiger partial charge on any atom is 0.191 e. The van der Waals surface area contributed by atoms with Crippen molar-refractivity contribution >= 4 is 5.96 Å². The maximum absolute atomic E-state index is 5.95. The molecule has 146 valence electrons. The first-order valence-corrected chi connectivity index (χ1v) is 8.97. The largest absolute Gasteiger partial charge is 0.493 e. The Balaban J connectivity index is 1.82. The van der Waals surface area contributed by atoms with Gasteiger partial charge < -0.3 is 24.8 Å². The second-order valence-electron chi connectivity index (χ2n) is 6.14. The first-order chi connectivity index (χ1) is 13.2. The zero-order chi connectivity index (χ0) is 19.5. The van der Waals surface area contributed by atoms with Crippen molar-refractivity contribution in [2.45, 2.75) is 26.2 Å². The van der Waals surface area contributed by atoms with Crippen LogP contribution in [0.2, 0.25) is 0 Å². The third kappa shape index (κ3) is 6.83. The molecule has 0 aliphatic carbocycles. The summed E-state index contributed by atoms with van der Waals surface area (Å²) >= 11 is 0. The summed E-state index contributed by atoms with van der Waals surface area (Å²) < 4.78 is 16.5. The minimum Gasteiger partial charge on any atom is -0.493 e. The van der Waals surface area contributed by atoms with Gasteiger partial charge in [0.15, 0.2) is 17.5 Å². The minimum absolute atomic E-state index is 0.0510. The summed E-state index contributed by atoms with van der Waals surface area (Å²) in [6, 6.07) is 15.9. The summed E-state index contributed by atoms with van der Waals surface area (Å²) in [5.74, 6) is 2.18. The van der Waals surface area contributed by atoms with Gasteiger partial charge in [-0.15, -0.1) is 0 Å². The van der Waals surface area contributed by atoms with E-state index >= 15 is 0 Å². The Hall–Kier alpha value is -2.73.